The first kappa shape index (κ1) is 24.9. The number of nitrogens with two attached hydrogens (primary N) is 1. The highest BCUT2D eigenvalue weighted by molar-refractivity contribution is 6.30. The lowest BCUT2D eigenvalue weighted by Gasteiger charge is -2.30. The fourth-order valence-corrected chi connectivity index (χ4v) is 3.81. The molecule has 0 bridgehead atoms. The first-order valence-electron chi connectivity index (χ1n) is 10.6. The summed E-state index contributed by atoms with van der Waals surface area (Å²) in [6, 6.07) is 7.27. The molecule has 1 fully saturated rings. The second kappa shape index (κ2) is 11.4. The van der Waals surface area contributed by atoms with E-state index in [4.69, 9.17) is 38.7 Å². The molecule has 1 saturated heterocycles. The molecule has 33 heavy (non-hydrogen) atoms. The highest BCUT2D eigenvalue weighted by atomic mass is 35.5. The van der Waals surface area contributed by atoms with Crippen molar-refractivity contribution in [3.05, 3.63) is 69.2 Å². The maximum Gasteiger partial charge on any atom is 0.219 e. The molecule has 0 radical (unpaired) electrons. The van der Waals surface area contributed by atoms with Gasteiger partial charge in [0.2, 0.25) is 6.41 Å². The first-order chi connectivity index (χ1) is 15.9. The predicted octanol–water partition coefficient (Wildman–Crippen LogP) is 4.44. The van der Waals surface area contributed by atoms with Crippen molar-refractivity contribution in [2.75, 3.05) is 13.7 Å². The summed E-state index contributed by atoms with van der Waals surface area (Å²) in [6.07, 6.45) is 6.91. The Morgan fingerprint density at radius 3 is 2.64 bits per heavy atom. The number of hydrogen-bond acceptors (Lipinski definition) is 6. The van der Waals surface area contributed by atoms with Crippen molar-refractivity contribution in [3.8, 4) is 11.3 Å². The Hall–Kier alpha value is -2.74. The van der Waals surface area contributed by atoms with Gasteiger partial charge < -0.3 is 10.5 Å². The lowest BCUT2D eigenvalue weighted by atomic mass is 9.89. The second-order valence-electron chi connectivity index (χ2n) is 7.72. The van der Waals surface area contributed by atoms with Crippen LogP contribution in [0.3, 0.4) is 0 Å². The van der Waals surface area contributed by atoms with Crippen LogP contribution in [0, 0.1) is 0 Å². The Labute approximate surface area is 203 Å². The molecule has 3 rings (SSSR count). The highest BCUT2D eigenvalue weighted by Gasteiger charge is 2.28. The van der Waals surface area contributed by atoms with Crippen molar-refractivity contribution in [2.45, 2.75) is 38.7 Å². The number of allylic oxidation sites excluding steroid dienone is 2. The number of rotatable bonds is 6. The van der Waals surface area contributed by atoms with E-state index < -0.39 is 0 Å². The van der Waals surface area contributed by atoms with E-state index >= 15 is 0 Å². The standard InChI is InChI=1S/C24H27Cl2N5O2/c1-15(25)16(2)29-24-23(17-4-6-20(26)7-5-17)30-21(13-31(24)14-32)18-8-9-33-22(10-18)19(11-27)12-28-3/h4-7,11-14,18,22H,8-10,27H2,1-3H3/b16-15+,19-11+,28-12?,29-24?. The van der Waals surface area contributed by atoms with Crippen LogP contribution in [0.5, 0.6) is 0 Å². The molecule has 0 amide bonds. The first-order valence-corrected chi connectivity index (χ1v) is 11.3. The van der Waals surface area contributed by atoms with Gasteiger partial charge in [-0.25, -0.2) is 9.98 Å². The molecule has 0 saturated carbocycles. The Morgan fingerprint density at radius 1 is 1.30 bits per heavy atom. The number of aliphatic imine (C=N–C) groups is 1. The van der Waals surface area contributed by atoms with Crippen LogP contribution in [-0.4, -0.2) is 41.9 Å². The largest absolute Gasteiger partial charge is 0.404 e. The summed E-state index contributed by atoms with van der Waals surface area (Å²) in [6.45, 7) is 4.08. The Balaban J connectivity index is 2.16. The number of aromatic nitrogens is 2. The minimum absolute atomic E-state index is 0.0571. The van der Waals surface area contributed by atoms with Gasteiger partial charge in [-0.3, -0.25) is 14.4 Å². The van der Waals surface area contributed by atoms with Gasteiger partial charge in [0, 0.05) is 59.4 Å². The van der Waals surface area contributed by atoms with Gasteiger partial charge >= 0.3 is 0 Å². The molecule has 0 aliphatic carbocycles. The monoisotopic (exact) mass is 487 g/mol. The molecular weight excluding hydrogens is 461 g/mol. The van der Waals surface area contributed by atoms with E-state index in [0.717, 1.165) is 29.7 Å². The zero-order valence-corrected chi connectivity index (χ0v) is 20.3. The van der Waals surface area contributed by atoms with E-state index in [1.54, 1.807) is 45.4 Å². The van der Waals surface area contributed by atoms with Gasteiger partial charge in [-0.2, -0.15) is 0 Å². The topological polar surface area (TPSA) is 94.9 Å². The molecule has 2 unspecified atom stereocenters. The number of nitrogens with zero attached hydrogens (tertiary/aromatic N) is 4. The number of ether oxygens (including phenoxy) is 1. The summed E-state index contributed by atoms with van der Waals surface area (Å²) in [5, 5.41) is 1.14. The zero-order chi connectivity index (χ0) is 24.0. The van der Waals surface area contributed by atoms with Crippen LogP contribution in [0.4, 0.5) is 0 Å². The lowest BCUT2D eigenvalue weighted by Crippen LogP contribution is -2.30. The predicted molar refractivity (Wildman–Crippen MR) is 133 cm³/mol. The van der Waals surface area contributed by atoms with Gasteiger partial charge in [-0.05, 0) is 38.8 Å². The maximum absolute atomic E-state index is 12.1. The van der Waals surface area contributed by atoms with Gasteiger partial charge in [-0.1, -0.05) is 35.3 Å². The van der Waals surface area contributed by atoms with E-state index in [0.29, 0.717) is 40.0 Å². The van der Waals surface area contributed by atoms with Crippen molar-refractivity contribution < 1.29 is 9.53 Å². The zero-order valence-electron chi connectivity index (χ0n) is 18.8. The molecular formula is C24H27Cl2N5O2. The average Bonchev–Trinajstić information content (AvgIpc) is 2.83. The van der Waals surface area contributed by atoms with Crippen LogP contribution in [0.15, 0.2) is 62.9 Å². The minimum atomic E-state index is -0.198. The molecule has 2 N–H and O–H groups in total. The van der Waals surface area contributed by atoms with E-state index in [-0.39, 0.29) is 12.0 Å². The summed E-state index contributed by atoms with van der Waals surface area (Å²) < 4.78 is 7.38. The Bertz CT molecular complexity index is 1160. The Morgan fingerprint density at radius 2 is 2.03 bits per heavy atom. The second-order valence-corrected chi connectivity index (χ2v) is 8.73. The van der Waals surface area contributed by atoms with Gasteiger partial charge in [0.1, 0.15) is 5.69 Å². The van der Waals surface area contributed by atoms with Crippen molar-refractivity contribution >= 4 is 35.8 Å². The smallest absolute Gasteiger partial charge is 0.219 e. The summed E-state index contributed by atoms with van der Waals surface area (Å²) in [4.78, 5) is 25.7. The number of carbonyl (C=O) groups excluding carboxylic acids is 1. The number of benzene rings is 1. The van der Waals surface area contributed by atoms with Gasteiger partial charge in [0.05, 0.1) is 17.5 Å². The molecule has 9 heteroatoms. The molecule has 0 spiro atoms. The SMILES string of the molecule is CN=C/C(=C\N)C1CC(c2cn(C=O)c(=N/C(C)=C(\C)Cl)c(-c3ccc(Cl)cc3)n2)CCO1. The number of halogens is 2. The van der Waals surface area contributed by atoms with Crippen molar-refractivity contribution in [2.24, 2.45) is 15.7 Å². The van der Waals surface area contributed by atoms with E-state index in [2.05, 4.69) is 9.98 Å². The molecule has 1 aromatic heterocycles. The average molecular weight is 488 g/mol. The van der Waals surface area contributed by atoms with E-state index in [9.17, 15) is 4.79 Å². The highest BCUT2D eigenvalue weighted by Crippen LogP contribution is 2.32. The van der Waals surface area contributed by atoms with Crippen LogP contribution >= 0.6 is 23.2 Å². The number of carbonyl (C=O) groups is 1. The summed E-state index contributed by atoms with van der Waals surface area (Å²) in [5.74, 6) is 0.0571. The Kier molecular flexibility index (Phi) is 8.61. The van der Waals surface area contributed by atoms with Crippen LogP contribution in [0.25, 0.3) is 11.3 Å². The maximum atomic E-state index is 12.1. The third kappa shape index (κ3) is 5.99. The molecule has 1 aliphatic rings. The van der Waals surface area contributed by atoms with Gasteiger partial charge in [0.15, 0.2) is 5.49 Å². The van der Waals surface area contributed by atoms with Crippen molar-refractivity contribution in [3.63, 3.8) is 0 Å². The molecule has 1 aliphatic heterocycles. The van der Waals surface area contributed by atoms with E-state index in [1.165, 1.54) is 10.8 Å². The van der Waals surface area contributed by atoms with Crippen LogP contribution < -0.4 is 11.2 Å². The van der Waals surface area contributed by atoms with Crippen LogP contribution in [-0.2, 0) is 9.53 Å². The van der Waals surface area contributed by atoms with Gasteiger partial charge in [0.25, 0.3) is 0 Å². The molecule has 2 atom stereocenters. The summed E-state index contributed by atoms with van der Waals surface area (Å²) in [7, 11) is 1.69. The van der Waals surface area contributed by atoms with E-state index in [1.807, 2.05) is 12.1 Å². The quantitative estimate of drug-likeness (QED) is 0.481. The lowest BCUT2D eigenvalue weighted by molar-refractivity contribution is 0.0320. The molecule has 7 nitrogen and oxygen atoms in total. The minimum Gasteiger partial charge on any atom is -0.404 e. The summed E-state index contributed by atoms with van der Waals surface area (Å²) >= 11 is 12.2. The third-order valence-corrected chi connectivity index (χ3v) is 6.04. The number of hydrogen-bond donors (Lipinski definition) is 1. The fraction of sp³-hybridized carbons (Fsp3) is 0.333. The molecule has 2 heterocycles. The summed E-state index contributed by atoms with van der Waals surface area (Å²) in [5.41, 5.74) is 9.73. The fourth-order valence-electron chi connectivity index (χ4n) is 3.64. The third-order valence-electron chi connectivity index (χ3n) is 5.52. The molecule has 2 aromatic rings. The molecule has 1 aromatic carbocycles. The van der Waals surface area contributed by atoms with Gasteiger partial charge in [-0.15, -0.1) is 0 Å². The molecule has 174 valence electrons. The normalized spacial score (nSPS) is 20.8. The van der Waals surface area contributed by atoms with Crippen LogP contribution in [0.2, 0.25) is 5.02 Å². The van der Waals surface area contributed by atoms with Crippen molar-refractivity contribution in [1.82, 2.24) is 9.55 Å². The van der Waals surface area contributed by atoms with Crippen molar-refractivity contribution in [1.29, 1.82) is 0 Å². The van der Waals surface area contributed by atoms with Crippen LogP contribution in [0.1, 0.15) is 38.3 Å².